The van der Waals surface area contributed by atoms with Crippen LogP contribution in [0.1, 0.15) is 22.8 Å². The number of aromatic nitrogens is 1. The maximum atomic E-state index is 12.4. The van der Waals surface area contributed by atoms with Crippen molar-refractivity contribution in [3.05, 3.63) is 59.9 Å². The number of hydrogen-bond donors (Lipinski definition) is 1. The summed E-state index contributed by atoms with van der Waals surface area (Å²) in [6, 6.07) is 11.2. The van der Waals surface area contributed by atoms with Gasteiger partial charge in [-0.25, -0.2) is 0 Å². The summed E-state index contributed by atoms with van der Waals surface area (Å²) in [6.45, 7) is 3.07. The summed E-state index contributed by atoms with van der Waals surface area (Å²) in [4.78, 5) is 18.1. The molecule has 1 aromatic heterocycles. The number of carbonyl (C=O) groups is 1. The molecule has 2 N–H and O–H groups in total. The van der Waals surface area contributed by atoms with Crippen LogP contribution in [0.25, 0.3) is 0 Å². The van der Waals surface area contributed by atoms with Crippen molar-refractivity contribution in [3.8, 4) is 0 Å². The van der Waals surface area contributed by atoms with Crippen LogP contribution in [-0.2, 0) is 6.54 Å². The van der Waals surface area contributed by atoms with Gasteiger partial charge in [0.05, 0.1) is 0 Å². The van der Waals surface area contributed by atoms with E-state index in [2.05, 4.69) is 4.98 Å². The minimum atomic E-state index is -0.0228. The van der Waals surface area contributed by atoms with Crippen molar-refractivity contribution in [1.82, 2.24) is 4.98 Å². The highest BCUT2D eigenvalue weighted by Crippen LogP contribution is 2.17. The van der Waals surface area contributed by atoms with Crippen LogP contribution in [0.2, 0.25) is 0 Å². The maximum Gasteiger partial charge on any atom is 0.258 e. The lowest BCUT2D eigenvalue weighted by Crippen LogP contribution is -2.30. The van der Waals surface area contributed by atoms with Crippen molar-refractivity contribution >= 4 is 11.6 Å². The van der Waals surface area contributed by atoms with Gasteiger partial charge in [-0.2, -0.15) is 0 Å². The first-order valence-electron chi connectivity index (χ1n) is 6.27. The third-order valence-electron chi connectivity index (χ3n) is 2.97. The van der Waals surface area contributed by atoms with Gasteiger partial charge in [0.15, 0.2) is 0 Å². The molecule has 2 rings (SSSR count). The van der Waals surface area contributed by atoms with Gasteiger partial charge in [-0.1, -0.05) is 12.1 Å². The SMILES string of the molecule is CCN(C(=O)c1ccncc1)c1ccc(CN)cc1. The lowest BCUT2D eigenvalue weighted by Gasteiger charge is -2.21. The van der Waals surface area contributed by atoms with Crippen molar-refractivity contribution in [2.45, 2.75) is 13.5 Å². The highest BCUT2D eigenvalue weighted by molar-refractivity contribution is 6.05. The van der Waals surface area contributed by atoms with Crippen LogP contribution in [0.4, 0.5) is 5.69 Å². The third kappa shape index (κ3) is 2.98. The fourth-order valence-corrected chi connectivity index (χ4v) is 1.91. The van der Waals surface area contributed by atoms with E-state index in [1.165, 1.54) is 0 Å². The highest BCUT2D eigenvalue weighted by Gasteiger charge is 2.15. The molecule has 1 aromatic carbocycles. The molecule has 0 saturated carbocycles. The zero-order valence-corrected chi connectivity index (χ0v) is 10.9. The molecule has 4 heteroatoms. The van der Waals surface area contributed by atoms with E-state index < -0.39 is 0 Å². The summed E-state index contributed by atoms with van der Waals surface area (Å²) in [6.07, 6.45) is 3.25. The molecule has 19 heavy (non-hydrogen) atoms. The summed E-state index contributed by atoms with van der Waals surface area (Å²) in [5, 5.41) is 0. The molecule has 4 nitrogen and oxygen atoms in total. The van der Waals surface area contributed by atoms with Gasteiger partial charge in [0.1, 0.15) is 0 Å². The van der Waals surface area contributed by atoms with Crippen LogP contribution in [-0.4, -0.2) is 17.4 Å². The fraction of sp³-hybridized carbons (Fsp3) is 0.200. The Balaban J connectivity index is 2.26. The van der Waals surface area contributed by atoms with Crippen molar-refractivity contribution < 1.29 is 4.79 Å². The Hall–Kier alpha value is -2.20. The molecule has 0 aliphatic carbocycles. The van der Waals surface area contributed by atoms with E-state index in [1.807, 2.05) is 31.2 Å². The van der Waals surface area contributed by atoms with Crippen LogP contribution in [0, 0.1) is 0 Å². The molecule has 0 spiro atoms. The summed E-state index contributed by atoms with van der Waals surface area (Å²) in [7, 11) is 0. The lowest BCUT2D eigenvalue weighted by atomic mass is 10.1. The fourth-order valence-electron chi connectivity index (χ4n) is 1.91. The first-order valence-corrected chi connectivity index (χ1v) is 6.27. The first kappa shape index (κ1) is 13.2. The van der Waals surface area contributed by atoms with Crippen molar-refractivity contribution in [2.75, 3.05) is 11.4 Å². The van der Waals surface area contributed by atoms with Gasteiger partial charge in [0.25, 0.3) is 5.91 Å². The highest BCUT2D eigenvalue weighted by atomic mass is 16.2. The Bertz CT molecular complexity index is 537. The summed E-state index contributed by atoms with van der Waals surface area (Å²) >= 11 is 0. The zero-order valence-electron chi connectivity index (χ0n) is 10.9. The minimum Gasteiger partial charge on any atom is -0.326 e. The molecule has 98 valence electrons. The minimum absolute atomic E-state index is 0.0228. The molecule has 0 aliphatic rings. The number of carbonyl (C=O) groups excluding carboxylic acids is 1. The number of amides is 1. The average Bonchev–Trinajstić information content (AvgIpc) is 2.49. The van der Waals surface area contributed by atoms with E-state index in [-0.39, 0.29) is 5.91 Å². The molecule has 0 atom stereocenters. The van der Waals surface area contributed by atoms with Gasteiger partial charge >= 0.3 is 0 Å². The Labute approximate surface area is 112 Å². The number of hydrogen-bond acceptors (Lipinski definition) is 3. The number of nitrogens with zero attached hydrogens (tertiary/aromatic N) is 2. The second-order valence-electron chi connectivity index (χ2n) is 4.16. The van der Waals surface area contributed by atoms with E-state index >= 15 is 0 Å². The van der Waals surface area contributed by atoms with Crippen LogP contribution >= 0.6 is 0 Å². The number of benzene rings is 1. The summed E-state index contributed by atoms with van der Waals surface area (Å²) in [5.74, 6) is -0.0228. The Morgan fingerprint density at radius 3 is 2.32 bits per heavy atom. The molecule has 0 aliphatic heterocycles. The van der Waals surface area contributed by atoms with Gasteiger partial charge in [0, 0.05) is 36.7 Å². The smallest absolute Gasteiger partial charge is 0.258 e. The normalized spacial score (nSPS) is 10.2. The molecule has 0 radical (unpaired) electrons. The van der Waals surface area contributed by atoms with E-state index in [1.54, 1.807) is 29.4 Å². The predicted molar refractivity (Wildman–Crippen MR) is 75.9 cm³/mol. The predicted octanol–water partition coefficient (Wildman–Crippen LogP) is 2.21. The zero-order chi connectivity index (χ0) is 13.7. The topological polar surface area (TPSA) is 59.2 Å². The second kappa shape index (κ2) is 6.11. The Morgan fingerprint density at radius 1 is 1.16 bits per heavy atom. The summed E-state index contributed by atoms with van der Waals surface area (Å²) < 4.78 is 0. The van der Waals surface area contributed by atoms with Crippen molar-refractivity contribution in [3.63, 3.8) is 0 Å². The second-order valence-corrected chi connectivity index (χ2v) is 4.16. The monoisotopic (exact) mass is 255 g/mol. The van der Waals surface area contributed by atoms with Gasteiger partial charge in [-0.3, -0.25) is 9.78 Å². The largest absolute Gasteiger partial charge is 0.326 e. The Morgan fingerprint density at radius 2 is 1.79 bits per heavy atom. The van der Waals surface area contributed by atoms with Crippen molar-refractivity contribution in [2.24, 2.45) is 5.73 Å². The van der Waals surface area contributed by atoms with Crippen LogP contribution < -0.4 is 10.6 Å². The number of rotatable bonds is 4. The molecular formula is C15H17N3O. The molecule has 2 aromatic rings. The maximum absolute atomic E-state index is 12.4. The molecule has 1 heterocycles. The van der Waals surface area contributed by atoms with E-state index in [0.717, 1.165) is 11.3 Å². The van der Waals surface area contributed by atoms with E-state index in [0.29, 0.717) is 18.7 Å². The van der Waals surface area contributed by atoms with E-state index in [9.17, 15) is 4.79 Å². The number of pyridine rings is 1. The molecule has 0 saturated heterocycles. The average molecular weight is 255 g/mol. The molecule has 0 unspecified atom stereocenters. The first-order chi connectivity index (χ1) is 9.26. The number of anilines is 1. The van der Waals surface area contributed by atoms with E-state index in [4.69, 9.17) is 5.73 Å². The lowest BCUT2D eigenvalue weighted by molar-refractivity contribution is 0.0988. The van der Waals surface area contributed by atoms with Gasteiger partial charge < -0.3 is 10.6 Å². The standard InChI is InChI=1S/C15H17N3O/c1-2-18(14-5-3-12(11-16)4-6-14)15(19)13-7-9-17-10-8-13/h3-10H,2,11,16H2,1H3. The molecule has 0 bridgehead atoms. The van der Waals surface area contributed by atoms with Crippen LogP contribution in [0.15, 0.2) is 48.8 Å². The van der Waals surface area contributed by atoms with Gasteiger partial charge in [-0.15, -0.1) is 0 Å². The molecular weight excluding hydrogens is 238 g/mol. The summed E-state index contributed by atoms with van der Waals surface area (Å²) in [5.41, 5.74) is 8.14. The van der Waals surface area contributed by atoms with Crippen LogP contribution in [0.3, 0.4) is 0 Å². The van der Waals surface area contributed by atoms with Gasteiger partial charge in [-0.05, 0) is 36.8 Å². The van der Waals surface area contributed by atoms with Crippen LogP contribution in [0.5, 0.6) is 0 Å². The Kier molecular flexibility index (Phi) is 4.26. The molecule has 1 amide bonds. The number of nitrogens with two attached hydrogens (primary N) is 1. The third-order valence-corrected chi connectivity index (χ3v) is 2.97. The quantitative estimate of drug-likeness (QED) is 0.911. The molecule has 0 fully saturated rings. The van der Waals surface area contributed by atoms with Gasteiger partial charge in [0.2, 0.25) is 0 Å². The van der Waals surface area contributed by atoms with Crippen molar-refractivity contribution in [1.29, 1.82) is 0 Å².